The topological polar surface area (TPSA) is 128 Å². The molecule has 10 nitrogen and oxygen atoms in total. The van der Waals surface area contributed by atoms with Crippen molar-refractivity contribution in [1.82, 2.24) is 35.0 Å². The van der Waals surface area contributed by atoms with Crippen molar-refractivity contribution in [3.05, 3.63) is 54.6 Å². The van der Waals surface area contributed by atoms with Crippen molar-refractivity contribution in [2.24, 2.45) is 5.92 Å². The fourth-order valence-electron chi connectivity index (χ4n) is 4.99. The van der Waals surface area contributed by atoms with Crippen LogP contribution in [0.5, 0.6) is 0 Å². The number of imidazole rings is 1. The number of H-pyrrole nitrogens is 2. The van der Waals surface area contributed by atoms with Gasteiger partial charge in [0, 0.05) is 37.0 Å². The van der Waals surface area contributed by atoms with Crippen LogP contribution >= 0.6 is 0 Å². The van der Waals surface area contributed by atoms with Gasteiger partial charge >= 0.3 is 0 Å². The number of fused-ring (bicyclic) bond motifs is 2. The number of nitrogens with zero attached hydrogens (tertiary/aromatic N) is 5. The van der Waals surface area contributed by atoms with Crippen LogP contribution in [0.15, 0.2) is 48.9 Å². The van der Waals surface area contributed by atoms with Crippen LogP contribution in [-0.4, -0.2) is 54.0 Å². The first kappa shape index (κ1) is 21.8. The van der Waals surface area contributed by atoms with E-state index in [1.807, 2.05) is 30.5 Å². The summed E-state index contributed by atoms with van der Waals surface area (Å²) in [5.41, 5.74) is 6.52. The summed E-state index contributed by atoms with van der Waals surface area (Å²) in [6.07, 6.45) is 15.1. The Morgan fingerprint density at radius 3 is 2.84 bits per heavy atom. The third kappa shape index (κ3) is 4.14. The first-order valence-electron chi connectivity index (χ1n) is 12.8. The minimum atomic E-state index is 0.0542. The van der Waals surface area contributed by atoms with Crippen molar-refractivity contribution in [3.63, 3.8) is 0 Å². The number of nitrogens with one attached hydrogen (secondary N) is 4. The van der Waals surface area contributed by atoms with E-state index in [2.05, 4.69) is 41.8 Å². The lowest BCUT2D eigenvalue weighted by atomic mass is 10.1. The molecule has 4 aromatic rings. The quantitative estimate of drug-likeness (QED) is 0.322. The molecule has 2 aliphatic heterocycles. The summed E-state index contributed by atoms with van der Waals surface area (Å²) >= 11 is 0. The number of anilines is 2. The Kier molecular flexibility index (Phi) is 5.23. The van der Waals surface area contributed by atoms with E-state index in [9.17, 15) is 4.79 Å². The molecule has 186 valence electrons. The lowest BCUT2D eigenvalue weighted by molar-refractivity contribution is -0.117. The van der Waals surface area contributed by atoms with Gasteiger partial charge in [0.1, 0.15) is 11.2 Å². The molecule has 1 saturated heterocycles. The average Bonchev–Trinajstić information content (AvgIpc) is 3.63. The SMILES string of the molecule is O=C(Nc1cncc(-c2ccc3[nH]nc(-c4nc5c([nH]4)C(N4CCCCC4)=CC=CN5)c3n2)c1)C1CC1. The Balaban J connectivity index is 1.23. The Morgan fingerprint density at radius 1 is 1.08 bits per heavy atom. The molecule has 0 atom stereocenters. The van der Waals surface area contributed by atoms with Gasteiger partial charge < -0.3 is 20.5 Å². The van der Waals surface area contributed by atoms with Crippen LogP contribution in [0.3, 0.4) is 0 Å². The van der Waals surface area contributed by atoms with E-state index in [-0.39, 0.29) is 11.8 Å². The average molecular weight is 494 g/mol. The molecule has 4 aromatic heterocycles. The normalized spacial score (nSPS) is 17.2. The number of aromatic amines is 2. The maximum absolute atomic E-state index is 12.2. The van der Waals surface area contributed by atoms with E-state index >= 15 is 0 Å². The summed E-state index contributed by atoms with van der Waals surface area (Å²) in [6.45, 7) is 2.08. The highest BCUT2D eigenvalue weighted by Crippen LogP contribution is 2.34. The van der Waals surface area contributed by atoms with Crippen molar-refractivity contribution < 1.29 is 4.79 Å². The van der Waals surface area contributed by atoms with Crippen molar-refractivity contribution >= 4 is 34.1 Å². The maximum atomic E-state index is 12.2. The van der Waals surface area contributed by atoms with Crippen LogP contribution in [0, 0.1) is 5.92 Å². The zero-order chi connectivity index (χ0) is 24.8. The number of pyridine rings is 2. The van der Waals surface area contributed by atoms with E-state index in [0.717, 1.165) is 59.9 Å². The van der Waals surface area contributed by atoms with Gasteiger partial charge in [0.05, 0.1) is 28.8 Å². The van der Waals surface area contributed by atoms with Crippen LogP contribution in [0.1, 0.15) is 37.8 Å². The van der Waals surface area contributed by atoms with Gasteiger partial charge in [0.15, 0.2) is 17.3 Å². The standard InChI is InChI=1S/C27H27N9O/c37-27(16-6-7-16)30-18-13-17(14-28-15-18)19-8-9-20-22(31-19)24(35-34-20)26-32-23-21(36-11-2-1-3-12-36)5-4-10-29-25(23)33-26/h4-5,8-10,13-16,29H,1-3,6-7,11-12H2,(H,30,37)(H,32,33)(H,34,35). The van der Waals surface area contributed by atoms with Crippen molar-refractivity contribution in [3.8, 4) is 22.8 Å². The molecular formula is C27H27N9O. The van der Waals surface area contributed by atoms with Gasteiger partial charge in [0.2, 0.25) is 5.91 Å². The number of hydrogen-bond donors (Lipinski definition) is 4. The molecule has 7 rings (SSSR count). The van der Waals surface area contributed by atoms with Crippen LogP contribution < -0.4 is 10.6 Å². The van der Waals surface area contributed by atoms with Gasteiger partial charge in [-0.2, -0.15) is 5.10 Å². The number of hydrogen-bond acceptors (Lipinski definition) is 7. The molecule has 37 heavy (non-hydrogen) atoms. The fourth-order valence-corrected chi connectivity index (χ4v) is 4.99. The molecule has 1 amide bonds. The smallest absolute Gasteiger partial charge is 0.227 e. The highest BCUT2D eigenvalue weighted by Gasteiger charge is 2.29. The summed E-state index contributed by atoms with van der Waals surface area (Å²) in [5, 5.41) is 13.9. The Labute approximate surface area is 213 Å². The van der Waals surface area contributed by atoms with Crippen LogP contribution in [0.25, 0.3) is 39.5 Å². The molecular weight excluding hydrogens is 466 g/mol. The van der Waals surface area contributed by atoms with E-state index in [4.69, 9.17) is 9.97 Å². The molecule has 6 heterocycles. The molecule has 0 spiro atoms. The summed E-state index contributed by atoms with van der Waals surface area (Å²) in [7, 11) is 0. The molecule has 3 aliphatic rings. The first-order valence-corrected chi connectivity index (χ1v) is 12.8. The summed E-state index contributed by atoms with van der Waals surface area (Å²) in [4.78, 5) is 32.2. The zero-order valence-corrected chi connectivity index (χ0v) is 20.3. The molecule has 0 aromatic carbocycles. The number of allylic oxidation sites excluding steroid dienone is 2. The second-order valence-electron chi connectivity index (χ2n) is 9.80. The van der Waals surface area contributed by atoms with E-state index in [1.165, 1.54) is 19.3 Å². The highest BCUT2D eigenvalue weighted by atomic mass is 16.2. The Bertz CT molecular complexity index is 1550. The van der Waals surface area contributed by atoms with E-state index in [1.54, 1.807) is 12.4 Å². The summed E-state index contributed by atoms with van der Waals surface area (Å²) in [5.74, 6) is 1.61. The van der Waals surface area contributed by atoms with Gasteiger partial charge in [-0.15, -0.1) is 0 Å². The van der Waals surface area contributed by atoms with Crippen molar-refractivity contribution in [2.45, 2.75) is 32.1 Å². The Morgan fingerprint density at radius 2 is 1.97 bits per heavy atom. The van der Waals surface area contributed by atoms with Crippen LogP contribution in [-0.2, 0) is 4.79 Å². The number of carbonyl (C=O) groups excluding carboxylic acids is 1. The predicted octanol–water partition coefficient (Wildman–Crippen LogP) is 4.52. The largest absolute Gasteiger partial charge is 0.370 e. The molecule has 1 saturated carbocycles. The molecule has 0 bridgehead atoms. The number of likely N-dealkylation sites (tertiary alicyclic amines) is 1. The molecule has 0 unspecified atom stereocenters. The molecule has 2 fully saturated rings. The lowest BCUT2D eigenvalue weighted by Crippen LogP contribution is -2.28. The van der Waals surface area contributed by atoms with Crippen LogP contribution in [0.4, 0.5) is 11.5 Å². The van der Waals surface area contributed by atoms with E-state index < -0.39 is 0 Å². The van der Waals surface area contributed by atoms with Crippen LogP contribution in [0.2, 0.25) is 0 Å². The second-order valence-corrected chi connectivity index (χ2v) is 9.80. The fraction of sp³-hybridized carbons (Fsp3) is 0.296. The van der Waals surface area contributed by atoms with Gasteiger partial charge in [0.25, 0.3) is 0 Å². The highest BCUT2D eigenvalue weighted by molar-refractivity contribution is 5.95. The van der Waals surface area contributed by atoms with E-state index in [0.29, 0.717) is 22.7 Å². The number of rotatable bonds is 5. The van der Waals surface area contributed by atoms with Gasteiger partial charge in [-0.3, -0.25) is 14.9 Å². The third-order valence-electron chi connectivity index (χ3n) is 7.11. The number of carbonyl (C=O) groups is 1. The zero-order valence-electron chi connectivity index (χ0n) is 20.3. The number of piperidine rings is 1. The number of aromatic nitrogens is 6. The minimum absolute atomic E-state index is 0.0542. The monoisotopic (exact) mass is 493 g/mol. The predicted molar refractivity (Wildman–Crippen MR) is 142 cm³/mol. The molecule has 10 heteroatoms. The van der Waals surface area contributed by atoms with Gasteiger partial charge in [-0.25, -0.2) is 9.97 Å². The number of amides is 1. The summed E-state index contributed by atoms with van der Waals surface area (Å²) < 4.78 is 0. The second kappa shape index (κ2) is 8.88. The van der Waals surface area contributed by atoms with Gasteiger partial charge in [-0.1, -0.05) is 0 Å². The molecule has 4 N–H and O–H groups in total. The molecule has 0 radical (unpaired) electrons. The minimum Gasteiger partial charge on any atom is -0.370 e. The van der Waals surface area contributed by atoms with Gasteiger partial charge in [-0.05, 0) is 62.5 Å². The summed E-state index contributed by atoms with van der Waals surface area (Å²) in [6, 6.07) is 5.79. The van der Waals surface area contributed by atoms with Crippen molar-refractivity contribution in [1.29, 1.82) is 0 Å². The molecule has 1 aliphatic carbocycles. The maximum Gasteiger partial charge on any atom is 0.227 e. The lowest BCUT2D eigenvalue weighted by Gasteiger charge is -2.30. The first-order chi connectivity index (χ1) is 18.2. The Hall–Kier alpha value is -4.47. The van der Waals surface area contributed by atoms with Crippen molar-refractivity contribution in [2.75, 3.05) is 23.7 Å². The third-order valence-corrected chi connectivity index (χ3v) is 7.11.